The fourth-order valence-corrected chi connectivity index (χ4v) is 2.93. The van der Waals surface area contributed by atoms with Crippen molar-refractivity contribution in [3.8, 4) is 11.5 Å². The molecule has 29 heavy (non-hydrogen) atoms. The molecule has 150 valence electrons. The second-order valence-electron chi connectivity index (χ2n) is 6.53. The minimum Gasteiger partial charge on any atom is -0.493 e. The average molecular weight is 392 g/mol. The van der Waals surface area contributed by atoms with Gasteiger partial charge in [-0.15, -0.1) is 0 Å². The van der Waals surface area contributed by atoms with Gasteiger partial charge in [0.2, 0.25) is 0 Å². The van der Waals surface area contributed by atoms with Crippen LogP contribution < -0.4 is 14.8 Å². The van der Waals surface area contributed by atoms with E-state index in [2.05, 4.69) is 15.3 Å². The van der Waals surface area contributed by atoms with Crippen LogP contribution in [0.1, 0.15) is 21.9 Å². The third-order valence-electron chi connectivity index (χ3n) is 4.32. The van der Waals surface area contributed by atoms with Crippen LogP contribution in [0.2, 0.25) is 0 Å². The largest absolute Gasteiger partial charge is 0.493 e. The Hall–Kier alpha value is -3.61. The SMILES string of the molecule is COc1ccc(Nc2cc(C(=O)N(C)Cc3ccccc3)nc(C)n2)cc1OC. The molecule has 1 amide bonds. The number of anilines is 2. The summed E-state index contributed by atoms with van der Waals surface area (Å²) in [6.07, 6.45) is 0. The maximum Gasteiger partial charge on any atom is 0.272 e. The predicted molar refractivity (Wildman–Crippen MR) is 112 cm³/mol. The van der Waals surface area contributed by atoms with Crippen molar-refractivity contribution < 1.29 is 14.3 Å². The summed E-state index contributed by atoms with van der Waals surface area (Å²) in [5.41, 5.74) is 2.15. The highest BCUT2D eigenvalue weighted by molar-refractivity contribution is 5.93. The van der Waals surface area contributed by atoms with Gasteiger partial charge in [0, 0.05) is 31.4 Å². The minimum atomic E-state index is -0.172. The first-order valence-corrected chi connectivity index (χ1v) is 9.14. The first-order valence-electron chi connectivity index (χ1n) is 9.14. The van der Waals surface area contributed by atoms with Crippen LogP contribution in [0.5, 0.6) is 11.5 Å². The standard InChI is InChI=1S/C22H24N4O3/c1-15-23-18(22(27)26(2)14-16-8-6-5-7-9-16)13-21(24-15)25-17-10-11-19(28-3)20(12-17)29-4/h5-13H,14H2,1-4H3,(H,23,24,25). The molecule has 0 bridgehead atoms. The molecule has 0 aliphatic rings. The fourth-order valence-electron chi connectivity index (χ4n) is 2.93. The van der Waals surface area contributed by atoms with Crippen molar-refractivity contribution >= 4 is 17.4 Å². The zero-order chi connectivity index (χ0) is 20.8. The number of ether oxygens (including phenoxy) is 2. The first-order chi connectivity index (χ1) is 14.0. The van der Waals surface area contributed by atoms with Crippen LogP contribution in [0.3, 0.4) is 0 Å². The third kappa shape index (κ3) is 5.01. The van der Waals surface area contributed by atoms with E-state index in [1.807, 2.05) is 36.4 Å². The number of aryl methyl sites for hydroxylation is 1. The van der Waals surface area contributed by atoms with E-state index in [0.29, 0.717) is 35.4 Å². The van der Waals surface area contributed by atoms with Crippen molar-refractivity contribution in [2.75, 3.05) is 26.6 Å². The van der Waals surface area contributed by atoms with Gasteiger partial charge in [-0.05, 0) is 24.6 Å². The molecule has 1 N–H and O–H groups in total. The van der Waals surface area contributed by atoms with Gasteiger partial charge in [0.25, 0.3) is 5.91 Å². The van der Waals surface area contributed by atoms with Crippen LogP contribution in [0.15, 0.2) is 54.6 Å². The molecule has 0 unspecified atom stereocenters. The quantitative estimate of drug-likeness (QED) is 0.659. The smallest absolute Gasteiger partial charge is 0.272 e. The number of hydrogen-bond acceptors (Lipinski definition) is 6. The summed E-state index contributed by atoms with van der Waals surface area (Å²) in [7, 11) is 4.92. The number of hydrogen-bond donors (Lipinski definition) is 1. The van der Waals surface area contributed by atoms with E-state index in [9.17, 15) is 4.79 Å². The molecule has 0 spiro atoms. The van der Waals surface area contributed by atoms with Gasteiger partial charge < -0.3 is 19.7 Å². The monoisotopic (exact) mass is 392 g/mol. The summed E-state index contributed by atoms with van der Waals surface area (Å²) in [5.74, 6) is 2.10. The van der Waals surface area contributed by atoms with Crippen molar-refractivity contribution in [1.29, 1.82) is 0 Å². The van der Waals surface area contributed by atoms with Crippen LogP contribution >= 0.6 is 0 Å². The number of methoxy groups -OCH3 is 2. The molecule has 1 heterocycles. The van der Waals surface area contributed by atoms with Gasteiger partial charge in [0.1, 0.15) is 17.3 Å². The molecule has 0 radical (unpaired) electrons. The van der Waals surface area contributed by atoms with Crippen molar-refractivity contribution in [3.05, 3.63) is 71.7 Å². The van der Waals surface area contributed by atoms with E-state index in [1.54, 1.807) is 51.3 Å². The van der Waals surface area contributed by atoms with E-state index in [-0.39, 0.29) is 5.91 Å². The van der Waals surface area contributed by atoms with Gasteiger partial charge in [-0.25, -0.2) is 9.97 Å². The van der Waals surface area contributed by atoms with E-state index in [1.165, 1.54) is 0 Å². The van der Waals surface area contributed by atoms with Crippen molar-refractivity contribution in [2.24, 2.45) is 0 Å². The highest BCUT2D eigenvalue weighted by Crippen LogP contribution is 2.30. The first kappa shape index (κ1) is 20.1. The molecule has 0 aliphatic carbocycles. The van der Waals surface area contributed by atoms with Crippen LogP contribution in [-0.4, -0.2) is 42.0 Å². The topological polar surface area (TPSA) is 76.6 Å². The van der Waals surface area contributed by atoms with E-state index in [4.69, 9.17) is 9.47 Å². The normalized spacial score (nSPS) is 10.3. The molecule has 0 fully saturated rings. The summed E-state index contributed by atoms with van der Waals surface area (Å²) in [6.45, 7) is 2.26. The molecule has 0 saturated carbocycles. The number of nitrogens with zero attached hydrogens (tertiary/aromatic N) is 3. The Kier molecular flexibility index (Phi) is 6.29. The van der Waals surface area contributed by atoms with Gasteiger partial charge in [0.15, 0.2) is 11.5 Å². The molecular formula is C22H24N4O3. The van der Waals surface area contributed by atoms with Crippen molar-refractivity contribution in [1.82, 2.24) is 14.9 Å². The summed E-state index contributed by atoms with van der Waals surface area (Å²) >= 11 is 0. The van der Waals surface area contributed by atoms with Crippen LogP contribution in [0, 0.1) is 6.92 Å². The second-order valence-corrected chi connectivity index (χ2v) is 6.53. The highest BCUT2D eigenvalue weighted by Gasteiger charge is 2.16. The van der Waals surface area contributed by atoms with Crippen molar-refractivity contribution in [3.63, 3.8) is 0 Å². The Morgan fingerprint density at radius 1 is 1.00 bits per heavy atom. The predicted octanol–water partition coefficient (Wildman–Crippen LogP) is 3.82. The van der Waals surface area contributed by atoms with Crippen LogP contribution in [0.4, 0.5) is 11.5 Å². The lowest BCUT2D eigenvalue weighted by molar-refractivity contribution is 0.0779. The second kappa shape index (κ2) is 9.05. The van der Waals surface area contributed by atoms with Crippen molar-refractivity contribution in [2.45, 2.75) is 13.5 Å². The van der Waals surface area contributed by atoms with Crippen LogP contribution in [-0.2, 0) is 6.54 Å². The molecular weight excluding hydrogens is 368 g/mol. The molecule has 0 aliphatic heterocycles. The molecule has 3 rings (SSSR count). The molecule has 7 nitrogen and oxygen atoms in total. The number of rotatable bonds is 7. The van der Waals surface area contributed by atoms with Gasteiger partial charge in [-0.1, -0.05) is 30.3 Å². The summed E-state index contributed by atoms with van der Waals surface area (Å²) in [4.78, 5) is 23.2. The molecule has 0 saturated heterocycles. The lowest BCUT2D eigenvalue weighted by atomic mass is 10.2. The highest BCUT2D eigenvalue weighted by atomic mass is 16.5. The number of carbonyl (C=O) groups is 1. The van der Waals surface area contributed by atoms with E-state index < -0.39 is 0 Å². The number of nitrogens with one attached hydrogen (secondary N) is 1. The Labute approximate surface area is 170 Å². The Bertz CT molecular complexity index is 993. The molecule has 1 aromatic heterocycles. The van der Waals surface area contributed by atoms with Gasteiger partial charge in [-0.2, -0.15) is 0 Å². The molecule has 2 aromatic carbocycles. The number of amides is 1. The molecule has 3 aromatic rings. The molecule has 7 heteroatoms. The van der Waals surface area contributed by atoms with Gasteiger partial charge in [0.05, 0.1) is 14.2 Å². The Balaban J connectivity index is 1.80. The Morgan fingerprint density at radius 3 is 2.41 bits per heavy atom. The molecule has 0 atom stereocenters. The average Bonchev–Trinajstić information content (AvgIpc) is 2.73. The Morgan fingerprint density at radius 2 is 1.72 bits per heavy atom. The zero-order valence-electron chi connectivity index (χ0n) is 17.0. The van der Waals surface area contributed by atoms with Gasteiger partial charge in [-0.3, -0.25) is 4.79 Å². The number of carbonyl (C=O) groups excluding carboxylic acids is 1. The summed E-state index contributed by atoms with van der Waals surface area (Å²) < 4.78 is 10.6. The maximum atomic E-state index is 12.9. The summed E-state index contributed by atoms with van der Waals surface area (Å²) in [5, 5.41) is 3.20. The van der Waals surface area contributed by atoms with Gasteiger partial charge >= 0.3 is 0 Å². The third-order valence-corrected chi connectivity index (χ3v) is 4.32. The van der Waals surface area contributed by atoms with E-state index >= 15 is 0 Å². The maximum absolute atomic E-state index is 12.9. The van der Waals surface area contributed by atoms with Crippen LogP contribution in [0.25, 0.3) is 0 Å². The minimum absolute atomic E-state index is 0.172. The lowest BCUT2D eigenvalue weighted by Gasteiger charge is -2.17. The number of aromatic nitrogens is 2. The number of benzene rings is 2. The fraction of sp³-hybridized carbons (Fsp3) is 0.227. The lowest BCUT2D eigenvalue weighted by Crippen LogP contribution is -2.27. The zero-order valence-corrected chi connectivity index (χ0v) is 17.0. The summed E-state index contributed by atoms with van der Waals surface area (Å²) in [6, 6.07) is 16.9. The van der Waals surface area contributed by atoms with E-state index in [0.717, 1.165) is 11.3 Å².